The van der Waals surface area contributed by atoms with E-state index in [9.17, 15) is 0 Å². The Kier molecular flexibility index (Phi) is 3.04. The first kappa shape index (κ1) is 11.7. The van der Waals surface area contributed by atoms with Crippen LogP contribution in [0.5, 0.6) is 0 Å². The molecule has 1 aliphatic heterocycles. The molecule has 3 rings (SSSR count). The topological polar surface area (TPSA) is 33.4 Å². The molecule has 0 aromatic carbocycles. The number of nitrogens with zero attached hydrogens (tertiary/aromatic N) is 4. The van der Waals surface area contributed by atoms with Crippen molar-refractivity contribution < 1.29 is 0 Å². The lowest BCUT2D eigenvalue weighted by molar-refractivity contribution is 0.263. The van der Waals surface area contributed by atoms with Crippen molar-refractivity contribution in [1.29, 1.82) is 0 Å². The van der Waals surface area contributed by atoms with Crippen molar-refractivity contribution in [2.45, 2.75) is 39.2 Å². The second-order valence-corrected chi connectivity index (χ2v) is 5.18. The smallest absolute Gasteiger partial charge is 0.161 e. The summed E-state index contributed by atoms with van der Waals surface area (Å²) in [6, 6.07) is 4.85. The predicted molar refractivity (Wildman–Crippen MR) is 71.7 cm³/mol. The second-order valence-electron chi connectivity index (χ2n) is 5.18. The van der Waals surface area contributed by atoms with E-state index in [0.29, 0.717) is 6.04 Å². The molecule has 18 heavy (non-hydrogen) atoms. The Hall–Kier alpha value is -1.42. The van der Waals surface area contributed by atoms with Gasteiger partial charge in [0, 0.05) is 18.7 Å². The summed E-state index contributed by atoms with van der Waals surface area (Å²) in [5.41, 5.74) is 2.20. The first-order valence-electron chi connectivity index (χ1n) is 6.82. The van der Waals surface area contributed by atoms with Crippen molar-refractivity contribution in [3.8, 4) is 0 Å². The van der Waals surface area contributed by atoms with Crippen molar-refractivity contribution in [1.82, 2.24) is 19.5 Å². The van der Waals surface area contributed by atoms with Gasteiger partial charge in [-0.3, -0.25) is 4.40 Å². The van der Waals surface area contributed by atoms with Crippen molar-refractivity contribution in [3.05, 3.63) is 29.7 Å². The van der Waals surface area contributed by atoms with Gasteiger partial charge in [-0.2, -0.15) is 0 Å². The van der Waals surface area contributed by atoms with Crippen LogP contribution in [0.3, 0.4) is 0 Å². The summed E-state index contributed by atoms with van der Waals surface area (Å²) in [4.78, 5) is 2.55. The molecule has 0 amide bonds. The Morgan fingerprint density at radius 3 is 3.11 bits per heavy atom. The molecule has 0 saturated carbocycles. The summed E-state index contributed by atoms with van der Waals surface area (Å²) >= 11 is 0. The highest BCUT2D eigenvalue weighted by atomic mass is 15.3. The number of hydrogen-bond donors (Lipinski definition) is 0. The van der Waals surface area contributed by atoms with E-state index in [1.54, 1.807) is 0 Å². The van der Waals surface area contributed by atoms with E-state index in [0.717, 1.165) is 24.4 Å². The fraction of sp³-hybridized carbons (Fsp3) is 0.571. The minimum Gasteiger partial charge on any atom is -0.300 e. The van der Waals surface area contributed by atoms with Crippen molar-refractivity contribution in [2.75, 3.05) is 13.1 Å². The molecule has 0 aliphatic carbocycles. The highest BCUT2D eigenvalue weighted by molar-refractivity contribution is 5.40. The van der Waals surface area contributed by atoms with Crippen LogP contribution in [0.4, 0.5) is 0 Å². The van der Waals surface area contributed by atoms with E-state index in [2.05, 4.69) is 51.7 Å². The molecule has 4 heteroatoms. The van der Waals surface area contributed by atoms with Gasteiger partial charge in [-0.15, -0.1) is 10.2 Å². The van der Waals surface area contributed by atoms with E-state index in [1.165, 1.54) is 24.9 Å². The highest BCUT2D eigenvalue weighted by Crippen LogP contribution is 2.20. The van der Waals surface area contributed by atoms with Crippen LogP contribution < -0.4 is 0 Å². The zero-order valence-electron chi connectivity index (χ0n) is 11.1. The summed E-state index contributed by atoms with van der Waals surface area (Å²) < 4.78 is 2.12. The van der Waals surface area contributed by atoms with Crippen molar-refractivity contribution >= 4 is 5.65 Å². The molecule has 1 unspecified atom stereocenters. The molecular formula is C14H20N4. The summed E-state index contributed by atoms with van der Waals surface area (Å²) in [5.74, 6) is 1.09. The number of aryl methyl sites for hydroxylation is 1. The third kappa shape index (κ3) is 2.01. The molecule has 0 radical (unpaired) electrons. The Morgan fingerprint density at radius 2 is 2.28 bits per heavy atom. The number of hydrogen-bond acceptors (Lipinski definition) is 3. The lowest BCUT2D eigenvalue weighted by atomic mass is 10.1. The van der Waals surface area contributed by atoms with Crippen LogP contribution in [0, 0.1) is 6.92 Å². The first-order valence-corrected chi connectivity index (χ1v) is 6.82. The maximum absolute atomic E-state index is 4.35. The quantitative estimate of drug-likeness (QED) is 0.828. The summed E-state index contributed by atoms with van der Waals surface area (Å²) in [5, 5.41) is 8.62. The van der Waals surface area contributed by atoms with Gasteiger partial charge in [-0.05, 0) is 50.6 Å². The molecule has 1 atom stereocenters. The number of aromatic nitrogens is 3. The van der Waals surface area contributed by atoms with Crippen LogP contribution in [0.2, 0.25) is 0 Å². The van der Waals surface area contributed by atoms with Gasteiger partial charge in [0.25, 0.3) is 0 Å². The minimum absolute atomic E-state index is 0.642. The van der Waals surface area contributed by atoms with Crippen LogP contribution in [-0.2, 0) is 6.42 Å². The van der Waals surface area contributed by atoms with E-state index >= 15 is 0 Å². The van der Waals surface area contributed by atoms with E-state index in [1.807, 2.05) is 0 Å². The van der Waals surface area contributed by atoms with Crippen molar-refractivity contribution in [3.63, 3.8) is 0 Å². The first-order chi connectivity index (χ1) is 8.78. The highest BCUT2D eigenvalue weighted by Gasteiger charge is 2.24. The maximum atomic E-state index is 4.35. The summed E-state index contributed by atoms with van der Waals surface area (Å²) in [7, 11) is 0. The normalized spacial score (nSPS) is 20.9. The molecule has 4 nitrogen and oxygen atoms in total. The van der Waals surface area contributed by atoms with Gasteiger partial charge in [0.05, 0.1) is 0 Å². The molecule has 0 N–H and O–H groups in total. The zero-order valence-corrected chi connectivity index (χ0v) is 11.1. The molecule has 1 saturated heterocycles. The largest absolute Gasteiger partial charge is 0.300 e. The van der Waals surface area contributed by atoms with Crippen LogP contribution in [0.25, 0.3) is 5.65 Å². The van der Waals surface area contributed by atoms with Crippen LogP contribution in [0.15, 0.2) is 18.3 Å². The molecular weight excluding hydrogens is 224 g/mol. The number of likely N-dealkylation sites (tertiary alicyclic amines) is 1. The average Bonchev–Trinajstić information content (AvgIpc) is 2.96. The average molecular weight is 244 g/mol. The van der Waals surface area contributed by atoms with Gasteiger partial charge in [0.15, 0.2) is 5.65 Å². The second kappa shape index (κ2) is 4.69. The van der Waals surface area contributed by atoms with Crippen molar-refractivity contribution in [2.24, 2.45) is 0 Å². The van der Waals surface area contributed by atoms with Gasteiger partial charge in [0.2, 0.25) is 0 Å². The molecule has 0 spiro atoms. The van der Waals surface area contributed by atoms with Crippen LogP contribution in [0.1, 0.15) is 31.2 Å². The molecule has 96 valence electrons. The fourth-order valence-electron chi connectivity index (χ4n) is 2.93. The monoisotopic (exact) mass is 244 g/mol. The third-order valence-electron chi connectivity index (χ3n) is 3.96. The van der Waals surface area contributed by atoms with E-state index in [4.69, 9.17) is 0 Å². The molecule has 2 aromatic heterocycles. The molecule has 1 fully saturated rings. The van der Waals surface area contributed by atoms with E-state index in [-0.39, 0.29) is 0 Å². The van der Waals surface area contributed by atoms with Gasteiger partial charge in [0.1, 0.15) is 5.82 Å². The van der Waals surface area contributed by atoms with Gasteiger partial charge in [-0.25, -0.2) is 0 Å². The van der Waals surface area contributed by atoms with E-state index < -0.39 is 0 Å². The van der Waals surface area contributed by atoms with Gasteiger partial charge >= 0.3 is 0 Å². The van der Waals surface area contributed by atoms with Gasteiger partial charge in [-0.1, -0.05) is 6.92 Å². The fourth-order valence-corrected chi connectivity index (χ4v) is 2.93. The number of likely N-dealkylation sites (N-methyl/N-ethyl adjacent to an activating group) is 1. The minimum atomic E-state index is 0.642. The standard InChI is InChI=1S/C14H20N4/c1-3-17-7-4-5-12(17)10-14-16-15-13-9-11(2)6-8-18(13)14/h6,8-9,12H,3-5,7,10H2,1-2H3. The zero-order chi connectivity index (χ0) is 12.5. The van der Waals surface area contributed by atoms with Crippen LogP contribution >= 0.6 is 0 Å². The molecule has 2 aromatic rings. The molecule has 3 heterocycles. The Balaban J connectivity index is 1.86. The maximum Gasteiger partial charge on any atom is 0.161 e. The Morgan fingerprint density at radius 1 is 1.39 bits per heavy atom. The number of fused-ring (bicyclic) bond motifs is 1. The number of pyridine rings is 1. The molecule has 0 bridgehead atoms. The number of rotatable bonds is 3. The van der Waals surface area contributed by atoms with Gasteiger partial charge < -0.3 is 4.90 Å². The SMILES string of the molecule is CCN1CCCC1Cc1nnc2cc(C)ccn12. The molecule has 1 aliphatic rings. The Bertz CT molecular complexity index is 546. The summed E-state index contributed by atoms with van der Waals surface area (Å²) in [6.45, 7) is 6.70. The third-order valence-corrected chi connectivity index (χ3v) is 3.96. The predicted octanol–water partition coefficient (Wildman–Crippen LogP) is 2.06. The lowest BCUT2D eigenvalue weighted by Gasteiger charge is -2.21. The lowest BCUT2D eigenvalue weighted by Crippen LogP contribution is -2.31. The summed E-state index contributed by atoms with van der Waals surface area (Å²) in [6.07, 6.45) is 5.70. The Labute approximate surface area is 108 Å². The van der Waals surface area contributed by atoms with Crippen LogP contribution in [-0.4, -0.2) is 38.6 Å².